The molecule has 0 aliphatic heterocycles. The molecule has 0 bridgehead atoms. The molecule has 3 aromatic carbocycles. The highest BCUT2D eigenvalue weighted by atomic mass is 19.1. The maximum absolute atomic E-state index is 13.6. The first kappa shape index (κ1) is 15.7. The number of hydrogen-bond acceptors (Lipinski definition) is 2. The van der Waals surface area contributed by atoms with Crippen LogP contribution in [0.15, 0.2) is 72.8 Å². The number of amides is 1. The summed E-state index contributed by atoms with van der Waals surface area (Å²) in [5.74, 6) is -1.37. The van der Waals surface area contributed by atoms with Gasteiger partial charge in [-0.05, 0) is 60.7 Å². The van der Waals surface area contributed by atoms with Crippen LogP contribution in [0.2, 0.25) is 0 Å². The fraction of sp³-hybridized carbons (Fsp3) is 0. The molecule has 5 heteroatoms. The van der Waals surface area contributed by atoms with E-state index in [-0.39, 0.29) is 11.4 Å². The summed E-state index contributed by atoms with van der Waals surface area (Å²) in [6.45, 7) is 0. The van der Waals surface area contributed by atoms with Gasteiger partial charge in [-0.3, -0.25) is 4.79 Å². The van der Waals surface area contributed by atoms with Gasteiger partial charge in [0.15, 0.2) is 0 Å². The monoisotopic (exact) mass is 324 g/mol. The van der Waals surface area contributed by atoms with E-state index in [2.05, 4.69) is 10.6 Å². The lowest BCUT2D eigenvalue weighted by molar-refractivity contribution is 0.102. The van der Waals surface area contributed by atoms with Gasteiger partial charge in [-0.1, -0.05) is 12.1 Å². The highest BCUT2D eigenvalue weighted by molar-refractivity contribution is 6.04. The van der Waals surface area contributed by atoms with Crippen molar-refractivity contribution >= 4 is 23.0 Å². The Bertz CT molecular complexity index is 846. The zero-order valence-electron chi connectivity index (χ0n) is 12.6. The molecule has 3 aromatic rings. The molecule has 0 aliphatic carbocycles. The van der Waals surface area contributed by atoms with Gasteiger partial charge in [0, 0.05) is 17.1 Å². The van der Waals surface area contributed by atoms with Gasteiger partial charge in [0.2, 0.25) is 0 Å². The summed E-state index contributed by atoms with van der Waals surface area (Å²) in [4.78, 5) is 12.0. The van der Waals surface area contributed by atoms with Crippen molar-refractivity contribution in [3.05, 3.63) is 90.0 Å². The van der Waals surface area contributed by atoms with Crippen LogP contribution in [0, 0.1) is 11.6 Å². The van der Waals surface area contributed by atoms with E-state index in [4.69, 9.17) is 0 Å². The Labute approximate surface area is 138 Å². The molecule has 1 amide bonds. The molecule has 0 radical (unpaired) electrons. The number of benzene rings is 3. The number of carbonyl (C=O) groups is 1. The van der Waals surface area contributed by atoms with Crippen LogP contribution < -0.4 is 10.6 Å². The normalized spacial score (nSPS) is 10.2. The second-order valence-electron chi connectivity index (χ2n) is 5.14. The molecule has 3 rings (SSSR count). The molecule has 0 saturated carbocycles. The lowest BCUT2D eigenvalue weighted by Gasteiger charge is -2.09. The maximum Gasteiger partial charge on any atom is 0.258 e. The summed E-state index contributed by atoms with van der Waals surface area (Å²) < 4.78 is 26.5. The molecule has 0 atom stereocenters. The molecule has 0 spiro atoms. The van der Waals surface area contributed by atoms with Crippen LogP contribution in [-0.4, -0.2) is 5.91 Å². The zero-order chi connectivity index (χ0) is 16.9. The molecular weight excluding hydrogens is 310 g/mol. The highest BCUT2D eigenvalue weighted by Crippen LogP contribution is 2.20. The maximum atomic E-state index is 13.6. The van der Waals surface area contributed by atoms with Crippen molar-refractivity contribution in [1.29, 1.82) is 0 Å². The van der Waals surface area contributed by atoms with E-state index >= 15 is 0 Å². The van der Waals surface area contributed by atoms with Gasteiger partial charge in [-0.2, -0.15) is 0 Å². The van der Waals surface area contributed by atoms with Gasteiger partial charge < -0.3 is 10.6 Å². The van der Waals surface area contributed by atoms with Gasteiger partial charge in [0.1, 0.15) is 11.6 Å². The van der Waals surface area contributed by atoms with Crippen LogP contribution in [0.25, 0.3) is 0 Å². The third kappa shape index (κ3) is 3.76. The summed E-state index contributed by atoms with van der Waals surface area (Å²) in [6, 6.07) is 18.7. The Morgan fingerprint density at radius 1 is 0.708 bits per heavy atom. The van der Waals surface area contributed by atoms with Crippen LogP contribution in [0.5, 0.6) is 0 Å². The number of halogens is 2. The first-order valence-electron chi connectivity index (χ1n) is 7.30. The fourth-order valence-electron chi connectivity index (χ4n) is 2.18. The third-order valence-electron chi connectivity index (χ3n) is 3.39. The molecule has 0 fully saturated rings. The molecule has 3 nitrogen and oxygen atoms in total. The van der Waals surface area contributed by atoms with E-state index in [9.17, 15) is 13.6 Å². The lowest BCUT2D eigenvalue weighted by atomic mass is 10.2. The van der Waals surface area contributed by atoms with E-state index in [1.807, 2.05) is 0 Å². The number of anilines is 3. The zero-order valence-corrected chi connectivity index (χ0v) is 12.6. The summed E-state index contributed by atoms with van der Waals surface area (Å²) in [5.41, 5.74) is 2.07. The number of carbonyl (C=O) groups excluding carboxylic acids is 1. The van der Waals surface area contributed by atoms with Crippen LogP contribution in [0.1, 0.15) is 10.4 Å². The minimum atomic E-state index is -0.565. The van der Waals surface area contributed by atoms with Gasteiger partial charge >= 0.3 is 0 Å². The minimum absolute atomic E-state index is 0.00832. The third-order valence-corrected chi connectivity index (χ3v) is 3.39. The molecular formula is C19H14F2N2O. The quantitative estimate of drug-likeness (QED) is 0.712. The Morgan fingerprint density at radius 3 is 1.88 bits per heavy atom. The van der Waals surface area contributed by atoms with Crippen molar-refractivity contribution in [2.45, 2.75) is 0 Å². The molecule has 2 N–H and O–H groups in total. The predicted molar refractivity (Wildman–Crippen MR) is 90.5 cm³/mol. The Hall–Kier alpha value is -3.21. The van der Waals surface area contributed by atoms with Crippen LogP contribution >= 0.6 is 0 Å². The Morgan fingerprint density at radius 2 is 1.25 bits per heavy atom. The Balaban J connectivity index is 1.67. The van der Waals surface area contributed by atoms with Crippen molar-refractivity contribution in [3.8, 4) is 0 Å². The Kier molecular flexibility index (Phi) is 4.52. The van der Waals surface area contributed by atoms with Crippen molar-refractivity contribution in [3.63, 3.8) is 0 Å². The van der Waals surface area contributed by atoms with Gasteiger partial charge in [0.25, 0.3) is 5.91 Å². The number of rotatable bonds is 4. The fourth-order valence-corrected chi connectivity index (χ4v) is 2.18. The van der Waals surface area contributed by atoms with Gasteiger partial charge in [0.05, 0.1) is 5.56 Å². The number of nitrogens with one attached hydrogen (secondary N) is 2. The molecule has 24 heavy (non-hydrogen) atoms. The number of hydrogen-bond donors (Lipinski definition) is 2. The SMILES string of the molecule is O=C(Nc1ccc(Nc2ccc(F)cc2)cc1)c1ccccc1F. The van der Waals surface area contributed by atoms with E-state index < -0.39 is 11.7 Å². The van der Waals surface area contributed by atoms with Crippen LogP contribution in [0.4, 0.5) is 25.8 Å². The molecule has 0 heterocycles. The van der Waals surface area contributed by atoms with Gasteiger partial charge in [-0.15, -0.1) is 0 Å². The van der Waals surface area contributed by atoms with E-state index in [1.165, 1.54) is 30.3 Å². The summed E-state index contributed by atoms with van der Waals surface area (Å²) in [6.07, 6.45) is 0. The van der Waals surface area contributed by atoms with Crippen molar-refractivity contribution < 1.29 is 13.6 Å². The summed E-state index contributed by atoms with van der Waals surface area (Å²) in [5, 5.41) is 5.75. The molecule has 0 unspecified atom stereocenters. The average molecular weight is 324 g/mol. The molecule has 0 aromatic heterocycles. The molecule has 120 valence electrons. The first-order valence-corrected chi connectivity index (χ1v) is 7.30. The first-order chi connectivity index (χ1) is 11.6. The van der Waals surface area contributed by atoms with Crippen molar-refractivity contribution in [1.82, 2.24) is 0 Å². The average Bonchev–Trinajstić information content (AvgIpc) is 2.59. The van der Waals surface area contributed by atoms with Gasteiger partial charge in [-0.25, -0.2) is 8.78 Å². The standard InChI is InChI=1S/C19H14F2N2O/c20-13-5-7-14(8-6-13)22-15-9-11-16(12-10-15)23-19(24)17-3-1-2-4-18(17)21/h1-12,22H,(H,23,24). The minimum Gasteiger partial charge on any atom is -0.356 e. The van der Waals surface area contributed by atoms with Crippen LogP contribution in [-0.2, 0) is 0 Å². The second-order valence-corrected chi connectivity index (χ2v) is 5.14. The van der Waals surface area contributed by atoms with Crippen LogP contribution in [0.3, 0.4) is 0 Å². The van der Waals surface area contributed by atoms with E-state index in [1.54, 1.807) is 42.5 Å². The highest BCUT2D eigenvalue weighted by Gasteiger charge is 2.10. The topological polar surface area (TPSA) is 41.1 Å². The van der Waals surface area contributed by atoms with E-state index in [0.29, 0.717) is 5.69 Å². The van der Waals surface area contributed by atoms with Crippen molar-refractivity contribution in [2.24, 2.45) is 0 Å². The molecule has 0 saturated heterocycles. The van der Waals surface area contributed by atoms with Crippen molar-refractivity contribution in [2.75, 3.05) is 10.6 Å². The van der Waals surface area contributed by atoms with E-state index in [0.717, 1.165) is 11.4 Å². The summed E-state index contributed by atoms with van der Waals surface area (Å²) in [7, 11) is 0. The molecule has 0 aliphatic rings. The largest absolute Gasteiger partial charge is 0.356 e. The smallest absolute Gasteiger partial charge is 0.258 e. The second kappa shape index (κ2) is 6.91. The summed E-state index contributed by atoms with van der Waals surface area (Å²) >= 11 is 0. The predicted octanol–water partition coefficient (Wildman–Crippen LogP) is 4.96. The lowest BCUT2D eigenvalue weighted by Crippen LogP contribution is -2.13.